The SMILES string of the molecule is CC1(C)CCC(=O)C2=C1OC1=C(C(=O)CCC1(C)C)C21C(=O)N2CCCc3cccc1c32. The van der Waals surface area contributed by atoms with Gasteiger partial charge in [-0.2, -0.15) is 0 Å². The Morgan fingerprint density at radius 3 is 2.03 bits per heavy atom. The molecule has 5 nitrogen and oxygen atoms in total. The molecule has 0 radical (unpaired) electrons. The van der Waals surface area contributed by atoms with Crippen LogP contribution in [0.1, 0.15) is 70.9 Å². The Hall–Kier alpha value is -2.69. The lowest BCUT2D eigenvalue weighted by Crippen LogP contribution is -2.54. The van der Waals surface area contributed by atoms with Crippen molar-refractivity contribution in [3.63, 3.8) is 0 Å². The van der Waals surface area contributed by atoms with E-state index < -0.39 is 16.2 Å². The summed E-state index contributed by atoms with van der Waals surface area (Å²) in [5, 5.41) is 0. The molecule has 0 bridgehead atoms. The minimum absolute atomic E-state index is 0.0622. The van der Waals surface area contributed by atoms with Crippen molar-refractivity contribution in [2.75, 3.05) is 11.4 Å². The maximum absolute atomic E-state index is 14.5. The van der Waals surface area contributed by atoms with Crippen molar-refractivity contribution in [1.29, 1.82) is 0 Å². The molecule has 0 aromatic heterocycles. The van der Waals surface area contributed by atoms with E-state index >= 15 is 0 Å². The monoisotopic (exact) mass is 431 g/mol. The van der Waals surface area contributed by atoms with Crippen molar-refractivity contribution in [3.05, 3.63) is 52.0 Å². The van der Waals surface area contributed by atoms with Crippen molar-refractivity contribution in [1.82, 2.24) is 0 Å². The standard InChI is InChI=1S/C27H29NO4/c1-25(2)12-10-17(29)19-22(25)32-23-20(18(30)11-13-26(23,3)4)27(19)16-9-5-7-15-8-6-14-28(21(15)16)24(27)31/h5,7,9H,6,8,10-14H2,1-4H3. The quantitative estimate of drug-likeness (QED) is 0.605. The highest BCUT2D eigenvalue weighted by molar-refractivity contribution is 6.25. The third-order valence-corrected chi connectivity index (χ3v) is 8.34. The third-order valence-electron chi connectivity index (χ3n) is 8.34. The maximum atomic E-state index is 14.5. The Balaban J connectivity index is 1.79. The molecule has 0 atom stereocenters. The first-order chi connectivity index (χ1) is 15.1. The first-order valence-electron chi connectivity index (χ1n) is 11.8. The molecular formula is C27H29NO4. The summed E-state index contributed by atoms with van der Waals surface area (Å²) >= 11 is 0. The number of para-hydroxylation sites is 1. The molecule has 0 unspecified atom stereocenters. The molecule has 6 rings (SSSR count). The van der Waals surface area contributed by atoms with Gasteiger partial charge in [-0.1, -0.05) is 45.9 Å². The highest BCUT2D eigenvalue weighted by Crippen LogP contribution is 2.63. The molecule has 0 saturated carbocycles. The summed E-state index contributed by atoms with van der Waals surface area (Å²) in [7, 11) is 0. The van der Waals surface area contributed by atoms with Crippen molar-refractivity contribution in [2.45, 2.75) is 71.6 Å². The molecule has 1 aromatic rings. The Morgan fingerprint density at radius 1 is 0.844 bits per heavy atom. The first kappa shape index (κ1) is 20.0. The smallest absolute Gasteiger partial charge is 0.247 e. The van der Waals surface area contributed by atoms with Gasteiger partial charge in [0, 0.05) is 35.8 Å². The number of benzene rings is 1. The van der Waals surface area contributed by atoms with Crippen molar-refractivity contribution in [2.24, 2.45) is 10.8 Å². The lowest BCUT2D eigenvalue weighted by atomic mass is 9.57. The number of nitrogens with zero attached hydrogens (tertiary/aromatic N) is 1. The molecular weight excluding hydrogens is 402 g/mol. The maximum Gasteiger partial charge on any atom is 0.247 e. The second-order valence-corrected chi connectivity index (χ2v) is 11.2. The molecule has 32 heavy (non-hydrogen) atoms. The molecule has 0 saturated heterocycles. The predicted molar refractivity (Wildman–Crippen MR) is 120 cm³/mol. The van der Waals surface area contributed by atoms with E-state index in [0.717, 1.165) is 29.7 Å². The van der Waals surface area contributed by atoms with Gasteiger partial charge in [0.05, 0.1) is 16.8 Å². The minimum Gasteiger partial charge on any atom is -0.464 e. The van der Waals surface area contributed by atoms with Gasteiger partial charge >= 0.3 is 0 Å². The summed E-state index contributed by atoms with van der Waals surface area (Å²) in [4.78, 5) is 43.6. The zero-order chi connectivity index (χ0) is 22.6. The molecule has 1 aromatic carbocycles. The van der Waals surface area contributed by atoms with Crippen LogP contribution >= 0.6 is 0 Å². The number of Topliss-reactive ketones (excluding diaryl/α,β-unsaturated/α-hetero) is 2. The fourth-order valence-electron chi connectivity index (χ4n) is 6.58. The Bertz CT molecular complexity index is 1140. The normalized spacial score (nSPS) is 26.8. The second kappa shape index (κ2) is 6.00. The Kier molecular flexibility index (Phi) is 3.74. The fourth-order valence-corrected chi connectivity index (χ4v) is 6.58. The van der Waals surface area contributed by atoms with Gasteiger partial charge in [-0.05, 0) is 31.2 Å². The number of ether oxygens (including phenoxy) is 1. The number of fused-ring (bicyclic) bond motifs is 3. The van der Waals surface area contributed by atoms with Crippen LogP contribution in [-0.2, 0) is 31.0 Å². The van der Waals surface area contributed by atoms with E-state index in [9.17, 15) is 14.4 Å². The van der Waals surface area contributed by atoms with Crippen molar-refractivity contribution in [3.8, 4) is 0 Å². The molecule has 5 aliphatic rings. The van der Waals surface area contributed by atoms with Crippen LogP contribution in [0.15, 0.2) is 40.9 Å². The van der Waals surface area contributed by atoms with Gasteiger partial charge in [0.25, 0.3) is 0 Å². The van der Waals surface area contributed by atoms with E-state index in [4.69, 9.17) is 4.74 Å². The third kappa shape index (κ3) is 2.17. The molecule has 1 amide bonds. The molecule has 1 spiro atoms. The number of carbonyl (C=O) groups excluding carboxylic acids is 3. The fraction of sp³-hybridized carbons (Fsp3) is 0.519. The highest BCUT2D eigenvalue weighted by atomic mass is 16.5. The predicted octanol–water partition coefficient (Wildman–Crippen LogP) is 4.53. The summed E-state index contributed by atoms with van der Waals surface area (Å²) in [5.41, 5.74) is 1.53. The number of amides is 1. The van der Waals surface area contributed by atoms with E-state index in [0.29, 0.717) is 54.9 Å². The minimum atomic E-state index is -1.37. The van der Waals surface area contributed by atoms with Gasteiger partial charge in [-0.3, -0.25) is 14.4 Å². The summed E-state index contributed by atoms with van der Waals surface area (Å²) in [6.45, 7) is 8.94. The van der Waals surface area contributed by atoms with Gasteiger partial charge in [-0.25, -0.2) is 0 Å². The van der Waals surface area contributed by atoms with Crippen LogP contribution in [-0.4, -0.2) is 24.0 Å². The van der Waals surface area contributed by atoms with Crippen LogP contribution in [0.4, 0.5) is 5.69 Å². The Labute approximate surface area is 188 Å². The van der Waals surface area contributed by atoms with E-state index in [2.05, 4.69) is 33.8 Å². The van der Waals surface area contributed by atoms with E-state index in [1.165, 1.54) is 0 Å². The number of hydrogen-bond donors (Lipinski definition) is 0. The zero-order valence-electron chi connectivity index (χ0n) is 19.3. The molecule has 3 heterocycles. The van der Waals surface area contributed by atoms with Gasteiger partial charge < -0.3 is 9.64 Å². The van der Waals surface area contributed by atoms with Crippen LogP contribution in [0.25, 0.3) is 0 Å². The number of ketones is 2. The van der Waals surface area contributed by atoms with E-state index in [1.54, 1.807) is 0 Å². The Morgan fingerprint density at radius 2 is 1.44 bits per heavy atom. The van der Waals surface area contributed by atoms with Crippen LogP contribution in [0, 0.1) is 10.8 Å². The summed E-state index contributed by atoms with van der Waals surface area (Å²) in [6, 6.07) is 6.01. The zero-order valence-corrected chi connectivity index (χ0v) is 19.3. The molecule has 0 fully saturated rings. The van der Waals surface area contributed by atoms with Crippen molar-refractivity contribution >= 4 is 23.2 Å². The molecule has 2 aliphatic carbocycles. The molecule has 3 aliphatic heterocycles. The topological polar surface area (TPSA) is 63.7 Å². The van der Waals surface area contributed by atoms with Crippen LogP contribution in [0.2, 0.25) is 0 Å². The van der Waals surface area contributed by atoms with Gasteiger partial charge in [0.15, 0.2) is 11.6 Å². The van der Waals surface area contributed by atoms with E-state index in [-0.39, 0.29) is 17.5 Å². The van der Waals surface area contributed by atoms with Crippen LogP contribution in [0.5, 0.6) is 0 Å². The largest absolute Gasteiger partial charge is 0.464 e. The lowest BCUT2D eigenvalue weighted by molar-refractivity contribution is -0.128. The summed E-state index contributed by atoms with van der Waals surface area (Å²) in [6.07, 6.45) is 3.84. The highest BCUT2D eigenvalue weighted by Gasteiger charge is 2.66. The number of carbonyl (C=O) groups is 3. The summed E-state index contributed by atoms with van der Waals surface area (Å²) in [5.74, 6) is 0.933. The molecule has 166 valence electrons. The average Bonchev–Trinajstić information content (AvgIpc) is 2.99. The van der Waals surface area contributed by atoms with Crippen molar-refractivity contribution < 1.29 is 19.1 Å². The van der Waals surface area contributed by atoms with Crippen LogP contribution in [0.3, 0.4) is 0 Å². The van der Waals surface area contributed by atoms with Gasteiger partial charge in [-0.15, -0.1) is 0 Å². The average molecular weight is 432 g/mol. The number of allylic oxidation sites excluding steroid dienone is 2. The number of rotatable bonds is 0. The summed E-state index contributed by atoms with van der Waals surface area (Å²) < 4.78 is 6.58. The van der Waals surface area contributed by atoms with Crippen LogP contribution < -0.4 is 4.90 Å². The van der Waals surface area contributed by atoms with Gasteiger partial charge in [0.2, 0.25) is 5.91 Å². The van der Waals surface area contributed by atoms with Gasteiger partial charge in [0.1, 0.15) is 16.9 Å². The first-order valence-corrected chi connectivity index (χ1v) is 11.8. The molecule has 5 heteroatoms. The number of anilines is 1. The number of aryl methyl sites for hydroxylation is 1. The molecule has 0 N–H and O–H groups in total. The second-order valence-electron chi connectivity index (χ2n) is 11.2. The lowest BCUT2D eigenvalue weighted by Gasteiger charge is -2.49. The number of hydrogen-bond acceptors (Lipinski definition) is 4. The van der Waals surface area contributed by atoms with E-state index in [1.807, 2.05) is 17.0 Å².